The molecule has 3 rings (SSSR count). The van der Waals surface area contributed by atoms with Crippen LogP contribution in [0.2, 0.25) is 0 Å². The number of aryl methyl sites for hydroxylation is 1. The van der Waals surface area contributed by atoms with E-state index in [1.165, 1.54) is 0 Å². The lowest BCUT2D eigenvalue weighted by atomic mass is 10.1. The van der Waals surface area contributed by atoms with E-state index in [-0.39, 0.29) is 17.4 Å². The molecule has 0 unspecified atom stereocenters. The molecule has 0 saturated carbocycles. The Morgan fingerprint density at radius 1 is 1.23 bits per heavy atom. The molecule has 122 valence electrons. The topological polar surface area (TPSA) is 75.5 Å². The molecule has 2 aliphatic heterocycles. The minimum atomic E-state index is -3.11. The van der Waals surface area contributed by atoms with Crippen LogP contribution in [0.15, 0.2) is 0 Å². The van der Waals surface area contributed by atoms with Crippen LogP contribution < -0.4 is 0 Å². The Morgan fingerprint density at radius 3 is 2.55 bits per heavy atom. The van der Waals surface area contributed by atoms with Crippen LogP contribution in [-0.4, -0.2) is 72.4 Å². The number of piperazine rings is 1. The minimum Gasteiger partial charge on any atom is -0.335 e. The number of amides is 1. The maximum absolute atomic E-state index is 12.7. The Labute approximate surface area is 130 Å². The SMILES string of the molecule is CCN1CCN(C(=O)c2nn(C)c3c2CS(=O)(=O)CC3)CC1. The molecule has 1 aromatic rings. The van der Waals surface area contributed by atoms with E-state index in [1.54, 1.807) is 16.6 Å². The number of fused-ring (bicyclic) bond motifs is 1. The predicted molar refractivity (Wildman–Crippen MR) is 82.4 cm³/mol. The zero-order chi connectivity index (χ0) is 15.9. The molecule has 3 heterocycles. The standard InChI is InChI=1S/C14H22N4O3S/c1-3-17-5-7-18(8-6-17)14(19)13-11-10-22(20,21)9-4-12(11)16(2)15-13/h3-10H2,1-2H3. The number of hydrogen-bond acceptors (Lipinski definition) is 5. The molecule has 0 aromatic carbocycles. The summed E-state index contributed by atoms with van der Waals surface area (Å²) >= 11 is 0. The van der Waals surface area contributed by atoms with Gasteiger partial charge in [-0.15, -0.1) is 0 Å². The molecular weight excluding hydrogens is 304 g/mol. The number of carbonyl (C=O) groups is 1. The highest BCUT2D eigenvalue weighted by Crippen LogP contribution is 2.25. The van der Waals surface area contributed by atoms with Crippen molar-refractivity contribution in [3.63, 3.8) is 0 Å². The van der Waals surface area contributed by atoms with Crippen molar-refractivity contribution in [3.05, 3.63) is 17.0 Å². The molecule has 1 amide bonds. The molecule has 0 atom stereocenters. The van der Waals surface area contributed by atoms with Crippen LogP contribution in [0, 0.1) is 0 Å². The van der Waals surface area contributed by atoms with Crippen molar-refractivity contribution < 1.29 is 13.2 Å². The van der Waals surface area contributed by atoms with Gasteiger partial charge in [0.25, 0.3) is 5.91 Å². The number of rotatable bonds is 2. The van der Waals surface area contributed by atoms with Crippen LogP contribution in [0.5, 0.6) is 0 Å². The quantitative estimate of drug-likeness (QED) is 0.744. The largest absolute Gasteiger partial charge is 0.335 e. The van der Waals surface area contributed by atoms with E-state index >= 15 is 0 Å². The van der Waals surface area contributed by atoms with Crippen molar-refractivity contribution in [1.29, 1.82) is 0 Å². The van der Waals surface area contributed by atoms with Gasteiger partial charge in [0.05, 0.1) is 11.5 Å². The lowest BCUT2D eigenvalue weighted by Crippen LogP contribution is -2.48. The van der Waals surface area contributed by atoms with Gasteiger partial charge in [0.15, 0.2) is 15.5 Å². The molecule has 0 bridgehead atoms. The van der Waals surface area contributed by atoms with Gasteiger partial charge in [-0.2, -0.15) is 5.10 Å². The summed E-state index contributed by atoms with van der Waals surface area (Å²) in [5.41, 5.74) is 1.81. The maximum atomic E-state index is 12.7. The molecule has 0 aliphatic carbocycles. The molecule has 8 heteroatoms. The molecule has 0 radical (unpaired) electrons. The number of hydrogen-bond donors (Lipinski definition) is 0. The smallest absolute Gasteiger partial charge is 0.274 e. The lowest BCUT2D eigenvalue weighted by molar-refractivity contribution is 0.0636. The van der Waals surface area contributed by atoms with Crippen LogP contribution in [0.3, 0.4) is 0 Å². The van der Waals surface area contributed by atoms with Crippen LogP contribution in [0.25, 0.3) is 0 Å². The van der Waals surface area contributed by atoms with Crippen LogP contribution in [0.1, 0.15) is 28.7 Å². The highest BCUT2D eigenvalue weighted by molar-refractivity contribution is 7.90. The molecular formula is C14H22N4O3S. The molecule has 1 fully saturated rings. The van der Waals surface area contributed by atoms with E-state index in [1.807, 2.05) is 0 Å². The molecule has 7 nitrogen and oxygen atoms in total. The highest BCUT2D eigenvalue weighted by Gasteiger charge is 2.33. The summed E-state index contributed by atoms with van der Waals surface area (Å²) in [6, 6.07) is 0. The second-order valence-electron chi connectivity index (χ2n) is 5.97. The summed E-state index contributed by atoms with van der Waals surface area (Å²) in [6.07, 6.45) is 0.443. The van der Waals surface area contributed by atoms with E-state index in [0.29, 0.717) is 30.8 Å². The van der Waals surface area contributed by atoms with Crippen molar-refractivity contribution in [2.75, 3.05) is 38.5 Å². The van der Waals surface area contributed by atoms with Gasteiger partial charge in [0.2, 0.25) is 0 Å². The Hall–Kier alpha value is -1.41. The third-order valence-corrected chi connectivity index (χ3v) is 6.15. The Kier molecular flexibility index (Phi) is 3.98. The van der Waals surface area contributed by atoms with E-state index < -0.39 is 9.84 Å². The fourth-order valence-electron chi connectivity index (χ4n) is 3.20. The lowest BCUT2D eigenvalue weighted by Gasteiger charge is -2.33. The maximum Gasteiger partial charge on any atom is 0.274 e. The zero-order valence-corrected chi connectivity index (χ0v) is 13.9. The Bertz CT molecular complexity index is 687. The number of aromatic nitrogens is 2. The monoisotopic (exact) mass is 326 g/mol. The normalized spacial score (nSPS) is 21.6. The summed E-state index contributed by atoms with van der Waals surface area (Å²) in [4.78, 5) is 16.8. The van der Waals surface area contributed by atoms with Crippen molar-refractivity contribution >= 4 is 15.7 Å². The van der Waals surface area contributed by atoms with Gasteiger partial charge in [0.1, 0.15) is 0 Å². The van der Waals surface area contributed by atoms with Crippen LogP contribution in [0.4, 0.5) is 0 Å². The van der Waals surface area contributed by atoms with Crippen molar-refractivity contribution in [3.8, 4) is 0 Å². The van der Waals surface area contributed by atoms with Crippen molar-refractivity contribution in [2.45, 2.75) is 19.1 Å². The predicted octanol–water partition coefficient (Wildman–Crippen LogP) is -0.331. The van der Waals surface area contributed by atoms with E-state index in [2.05, 4.69) is 16.9 Å². The highest BCUT2D eigenvalue weighted by atomic mass is 32.2. The molecule has 1 aromatic heterocycles. The summed E-state index contributed by atoms with van der Waals surface area (Å²) in [5, 5.41) is 4.32. The first kappa shape index (κ1) is 15.5. The number of carbonyl (C=O) groups excluding carboxylic acids is 1. The third kappa shape index (κ3) is 2.77. The van der Waals surface area contributed by atoms with Gasteiger partial charge in [-0.25, -0.2) is 8.42 Å². The first-order valence-electron chi connectivity index (χ1n) is 7.68. The van der Waals surface area contributed by atoms with E-state index in [9.17, 15) is 13.2 Å². The van der Waals surface area contributed by atoms with Gasteiger partial charge < -0.3 is 9.80 Å². The van der Waals surface area contributed by atoms with Crippen LogP contribution in [-0.2, 0) is 29.1 Å². The molecule has 0 N–H and O–H groups in total. The zero-order valence-electron chi connectivity index (χ0n) is 13.1. The summed E-state index contributed by atoms with van der Waals surface area (Å²) in [7, 11) is -1.33. The van der Waals surface area contributed by atoms with Gasteiger partial charge in [0, 0.05) is 50.9 Å². The van der Waals surface area contributed by atoms with E-state index in [4.69, 9.17) is 0 Å². The third-order valence-electron chi connectivity index (χ3n) is 4.60. The number of sulfone groups is 1. The fraction of sp³-hybridized carbons (Fsp3) is 0.714. The Balaban J connectivity index is 1.85. The number of likely N-dealkylation sites (N-methyl/N-ethyl adjacent to an activating group) is 1. The molecule has 2 aliphatic rings. The average molecular weight is 326 g/mol. The second kappa shape index (κ2) is 5.66. The Morgan fingerprint density at radius 2 is 1.91 bits per heavy atom. The molecule has 0 spiro atoms. The average Bonchev–Trinajstić information content (AvgIpc) is 2.81. The van der Waals surface area contributed by atoms with Gasteiger partial charge in [-0.1, -0.05) is 6.92 Å². The summed E-state index contributed by atoms with van der Waals surface area (Å²) in [5.74, 6) is -0.0566. The first-order valence-corrected chi connectivity index (χ1v) is 9.50. The summed E-state index contributed by atoms with van der Waals surface area (Å²) < 4.78 is 25.4. The van der Waals surface area contributed by atoms with Crippen LogP contribution >= 0.6 is 0 Å². The molecule has 1 saturated heterocycles. The van der Waals surface area contributed by atoms with Crippen molar-refractivity contribution in [2.24, 2.45) is 7.05 Å². The second-order valence-corrected chi connectivity index (χ2v) is 8.15. The van der Waals surface area contributed by atoms with Gasteiger partial charge in [-0.3, -0.25) is 9.48 Å². The first-order chi connectivity index (χ1) is 10.4. The fourth-order valence-corrected chi connectivity index (χ4v) is 4.59. The summed E-state index contributed by atoms with van der Waals surface area (Å²) in [6.45, 7) is 6.15. The van der Waals surface area contributed by atoms with Gasteiger partial charge in [-0.05, 0) is 6.54 Å². The molecule has 22 heavy (non-hydrogen) atoms. The van der Waals surface area contributed by atoms with Gasteiger partial charge >= 0.3 is 0 Å². The van der Waals surface area contributed by atoms with Crippen molar-refractivity contribution in [1.82, 2.24) is 19.6 Å². The minimum absolute atomic E-state index is 0.0633. The number of nitrogens with zero attached hydrogens (tertiary/aromatic N) is 4. The van der Waals surface area contributed by atoms with E-state index in [0.717, 1.165) is 25.3 Å².